The number of carboxylic acids is 1. The van der Waals surface area contributed by atoms with Gasteiger partial charge >= 0.3 is 5.97 Å². The first-order chi connectivity index (χ1) is 14.3. The van der Waals surface area contributed by atoms with E-state index in [2.05, 4.69) is 5.32 Å². The van der Waals surface area contributed by atoms with Crippen molar-refractivity contribution in [2.75, 3.05) is 5.32 Å². The fourth-order valence-corrected chi connectivity index (χ4v) is 3.97. The van der Waals surface area contributed by atoms with Gasteiger partial charge in [-0.15, -0.1) is 0 Å². The molecule has 154 valence electrons. The number of nitrogens with one attached hydrogen (secondary N) is 1. The lowest BCUT2D eigenvalue weighted by molar-refractivity contribution is -0.139. The van der Waals surface area contributed by atoms with Crippen molar-refractivity contribution in [2.24, 2.45) is 0 Å². The summed E-state index contributed by atoms with van der Waals surface area (Å²) in [5.74, 6) is -1.76. The highest BCUT2D eigenvalue weighted by atomic mass is 32.2. The molecule has 0 bridgehead atoms. The van der Waals surface area contributed by atoms with Crippen LogP contribution in [0.2, 0.25) is 0 Å². The maximum absolute atomic E-state index is 12.8. The molecular weight excluding hydrogens is 410 g/mol. The van der Waals surface area contributed by atoms with Crippen LogP contribution in [0.5, 0.6) is 17.2 Å². The van der Waals surface area contributed by atoms with Gasteiger partial charge < -0.3 is 20.3 Å². The van der Waals surface area contributed by atoms with Gasteiger partial charge in [-0.05, 0) is 48.5 Å². The number of carboxylic acid groups (broad SMARTS) is 1. The smallest absolute Gasteiger partial charge is 0.312 e. The highest BCUT2D eigenvalue weighted by molar-refractivity contribution is 7.91. The molecule has 3 N–H and O–H groups in total. The number of phenolic OH excluding ortho intramolecular Hbond substituents is 1. The fraction of sp³-hybridized carbons (Fsp3) is 0.0476. The monoisotopic (exact) mass is 427 g/mol. The third kappa shape index (κ3) is 4.95. The van der Waals surface area contributed by atoms with Crippen LogP contribution in [-0.4, -0.2) is 30.5 Å². The summed E-state index contributed by atoms with van der Waals surface area (Å²) in [5.41, 5.74) is 0.381. The van der Waals surface area contributed by atoms with E-state index in [4.69, 9.17) is 9.84 Å². The van der Waals surface area contributed by atoms with Gasteiger partial charge in [-0.2, -0.15) is 0 Å². The Morgan fingerprint density at radius 3 is 2.17 bits per heavy atom. The molecule has 0 aliphatic rings. The molecule has 3 rings (SSSR count). The summed E-state index contributed by atoms with van der Waals surface area (Å²) in [6.07, 6.45) is -0.648. The molecule has 8 nitrogen and oxygen atoms in total. The van der Waals surface area contributed by atoms with Crippen molar-refractivity contribution in [3.8, 4) is 17.2 Å². The Morgan fingerprint density at radius 1 is 0.900 bits per heavy atom. The Balaban J connectivity index is 1.79. The number of rotatable bonds is 7. The van der Waals surface area contributed by atoms with Crippen molar-refractivity contribution < 1.29 is 33.0 Å². The molecule has 30 heavy (non-hydrogen) atoms. The van der Waals surface area contributed by atoms with Gasteiger partial charge in [0, 0.05) is 11.8 Å². The molecule has 0 heterocycles. The Hall–Kier alpha value is -3.85. The minimum atomic E-state index is -3.94. The molecule has 3 aromatic rings. The van der Waals surface area contributed by atoms with Gasteiger partial charge in [0.1, 0.15) is 28.6 Å². The molecule has 0 saturated heterocycles. The van der Waals surface area contributed by atoms with Crippen LogP contribution < -0.4 is 10.1 Å². The molecule has 0 spiro atoms. The number of anilines is 1. The number of hydrogen-bond acceptors (Lipinski definition) is 6. The molecule has 0 radical (unpaired) electrons. The number of phenols is 1. The van der Waals surface area contributed by atoms with Crippen molar-refractivity contribution in [1.82, 2.24) is 0 Å². The van der Waals surface area contributed by atoms with Crippen LogP contribution in [0.15, 0.2) is 82.6 Å². The number of ether oxygens (including phenoxy) is 1. The molecular formula is C21H17NO7S. The highest BCUT2D eigenvalue weighted by Crippen LogP contribution is 2.33. The topological polar surface area (TPSA) is 130 Å². The summed E-state index contributed by atoms with van der Waals surface area (Å²) in [4.78, 5) is 21.8. The number of hydrogen-bond donors (Lipinski definition) is 3. The minimum absolute atomic E-state index is 0.0407. The molecule has 9 heteroatoms. The lowest BCUT2D eigenvalue weighted by Crippen LogP contribution is -2.15. The standard InChI is InChI=1S/C21H17NO7S/c23-18-11-10-16(12-19(18)30(27,28)17-4-2-1-3-5-17)29-15-8-6-14(7-9-15)22-20(24)13-21(25)26/h1-12,23H,13H2,(H,22,24)(H,25,26). The number of carbonyl (C=O) groups is 2. The summed E-state index contributed by atoms with van der Waals surface area (Å²) in [7, 11) is -3.94. The van der Waals surface area contributed by atoms with E-state index in [9.17, 15) is 23.1 Å². The second-order valence-electron chi connectivity index (χ2n) is 6.19. The lowest BCUT2D eigenvalue weighted by atomic mass is 10.3. The first-order valence-electron chi connectivity index (χ1n) is 8.68. The predicted octanol–water partition coefficient (Wildman–Crippen LogP) is 3.43. The molecule has 0 atom stereocenters. The Labute approximate surface area is 172 Å². The molecule has 0 aliphatic heterocycles. The molecule has 0 saturated carbocycles. The van der Waals surface area contributed by atoms with E-state index in [-0.39, 0.29) is 15.5 Å². The first-order valence-corrected chi connectivity index (χ1v) is 10.2. The zero-order chi connectivity index (χ0) is 21.7. The van der Waals surface area contributed by atoms with Crippen molar-refractivity contribution in [2.45, 2.75) is 16.2 Å². The van der Waals surface area contributed by atoms with Gasteiger partial charge in [-0.1, -0.05) is 18.2 Å². The van der Waals surface area contributed by atoms with Gasteiger partial charge in [-0.25, -0.2) is 8.42 Å². The molecule has 3 aromatic carbocycles. The van der Waals surface area contributed by atoms with Crippen LogP contribution in [0.4, 0.5) is 5.69 Å². The first kappa shape index (κ1) is 20.9. The zero-order valence-electron chi connectivity index (χ0n) is 15.5. The van der Waals surface area contributed by atoms with Crippen molar-refractivity contribution in [3.63, 3.8) is 0 Å². The number of amides is 1. The third-order valence-corrected chi connectivity index (χ3v) is 5.76. The van der Waals surface area contributed by atoms with Crippen LogP contribution >= 0.6 is 0 Å². The highest BCUT2D eigenvalue weighted by Gasteiger charge is 2.22. The summed E-state index contributed by atoms with van der Waals surface area (Å²) < 4.78 is 31.2. The van der Waals surface area contributed by atoms with Gasteiger partial charge in [-0.3, -0.25) is 9.59 Å². The van der Waals surface area contributed by atoms with Crippen LogP contribution in [-0.2, 0) is 19.4 Å². The van der Waals surface area contributed by atoms with E-state index in [0.717, 1.165) is 0 Å². The Morgan fingerprint density at radius 2 is 1.53 bits per heavy atom. The van der Waals surface area contributed by atoms with Crippen molar-refractivity contribution >= 4 is 27.4 Å². The summed E-state index contributed by atoms with van der Waals surface area (Å²) in [6.45, 7) is 0. The molecule has 0 fully saturated rings. The zero-order valence-corrected chi connectivity index (χ0v) is 16.3. The predicted molar refractivity (Wildman–Crippen MR) is 107 cm³/mol. The maximum atomic E-state index is 12.8. The number of carbonyl (C=O) groups excluding carboxylic acids is 1. The van der Waals surface area contributed by atoms with Crippen LogP contribution in [0.25, 0.3) is 0 Å². The maximum Gasteiger partial charge on any atom is 0.312 e. The molecule has 1 amide bonds. The van der Waals surface area contributed by atoms with E-state index < -0.39 is 33.9 Å². The van der Waals surface area contributed by atoms with E-state index in [1.165, 1.54) is 54.6 Å². The average molecular weight is 427 g/mol. The quantitative estimate of drug-likeness (QED) is 0.493. The summed E-state index contributed by atoms with van der Waals surface area (Å²) in [6, 6.07) is 17.7. The second-order valence-corrected chi connectivity index (χ2v) is 8.11. The number of sulfone groups is 1. The van der Waals surface area contributed by atoms with Crippen LogP contribution in [0.3, 0.4) is 0 Å². The summed E-state index contributed by atoms with van der Waals surface area (Å²) in [5, 5.41) is 21.1. The van der Waals surface area contributed by atoms with Gasteiger partial charge in [0.25, 0.3) is 0 Å². The largest absolute Gasteiger partial charge is 0.507 e. The number of aromatic hydroxyl groups is 1. The third-order valence-electron chi connectivity index (χ3n) is 3.96. The molecule has 0 unspecified atom stereocenters. The number of benzene rings is 3. The average Bonchev–Trinajstić information content (AvgIpc) is 2.71. The van der Waals surface area contributed by atoms with Crippen molar-refractivity contribution in [1.29, 1.82) is 0 Å². The van der Waals surface area contributed by atoms with E-state index >= 15 is 0 Å². The Bertz CT molecular complexity index is 1170. The van der Waals surface area contributed by atoms with E-state index in [1.807, 2.05) is 0 Å². The van der Waals surface area contributed by atoms with E-state index in [0.29, 0.717) is 11.4 Å². The lowest BCUT2D eigenvalue weighted by Gasteiger charge is -2.11. The Kier molecular flexibility index (Phi) is 6.03. The van der Waals surface area contributed by atoms with Gasteiger partial charge in [0.15, 0.2) is 0 Å². The molecule has 0 aliphatic carbocycles. The van der Waals surface area contributed by atoms with E-state index in [1.54, 1.807) is 18.2 Å². The van der Waals surface area contributed by atoms with Crippen LogP contribution in [0, 0.1) is 0 Å². The SMILES string of the molecule is O=C(O)CC(=O)Nc1ccc(Oc2ccc(O)c(S(=O)(=O)c3ccccc3)c2)cc1. The number of aliphatic carboxylic acids is 1. The minimum Gasteiger partial charge on any atom is -0.507 e. The molecule has 0 aromatic heterocycles. The van der Waals surface area contributed by atoms with Crippen molar-refractivity contribution in [3.05, 3.63) is 72.8 Å². The summed E-state index contributed by atoms with van der Waals surface area (Å²) >= 11 is 0. The normalized spacial score (nSPS) is 10.9. The van der Waals surface area contributed by atoms with Gasteiger partial charge in [0.05, 0.1) is 4.90 Å². The second kappa shape index (κ2) is 8.66. The van der Waals surface area contributed by atoms with Crippen LogP contribution in [0.1, 0.15) is 6.42 Å². The van der Waals surface area contributed by atoms with Gasteiger partial charge in [0.2, 0.25) is 15.7 Å². The fourth-order valence-electron chi connectivity index (χ4n) is 2.58.